The standard InChI is InChI=1S/C29H39N5O2/c1-17(2)22-12-13-30-24(14-22)28-33-23-15-25(29(35)36)32-27(31-19(4)21-6-5-7-21)26(23)34(28)16-20-10-8-18(3)9-11-20/h12-15,17-21H,5-11,16H2,1-4H3,(H,31,32)(H,35,36)/t18?,19-,20?/m1/s1. The van der Waals surface area contributed by atoms with Crippen molar-refractivity contribution in [3.8, 4) is 11.5 Å². The molecule has 0 radical (unpaired) electrons. The number of anilines is 1. The molecule has 0 aliphatic heterocycles. The molecular weight excluding hydrogens is 450 g/mol. The van der Waals surface area contributed by atoms with E-state index in [0.717, 1.165) is 29.5 Å². The van der Waals surface area contributed by atoms with Crippen molar-refractivity contribution < 1.29 is 9.90 Å². The first-order valence-corrected chi connectivity index (χ1v) is 13.7. The maximum atomic E-state index is 12.0. The molecule has 36 heavy (non-hydrogen) atoms. The van der Waals surface area contributed by atoms with Gasteiger partial charge in [0.25, 0.3) is 0 Å². The van der Waals surface area contributed by atoms with Crippen molar-refractivity contribution in [1.29, 1.82) is 0 Å². The lowest BCUT2D eigenvalue weighted by atomic mass is 9.80. The van der Waals surface area contributed by atoms with Gasteiger partial charge in [-0.3, -0.25) is 4.98 Å². The third-order valence-corrected chi connectivity index (χ3v) is 8.42. The number of carboxylic acids is 1. The summed E-state index contributed by atoms with van der Waals surface area (Å²) >= 11 is 0. The van der Waals surface area contributed by atoms with Gasteiger partial charge in [0, 0.05) is 18.8 Å². The Hall–Kier alpha value is -2.96. The predicted octanol–water partition coefficient (Wildman–Crippen LogP) is 6.74. The lowest BCUT2D eigenvalue weighted by Gasteiger charge is -2.32. The summed E-state index contributed by atoms with van der Waals surface area (Å²) in [7, 11) is 0. The maximum absolute atomic E-state index is 12.0. The molecule has 2 N–H and O–H groups in total. The average molecular weight is 490 g/mol. The Morgan fingerprint density at radius 1 is 1.11 bits per heavy atom. The number of carbonyl (C=O) groups is 1. The van der Waals surface area contributed by atoms with Crippen molar-refractivity contribution >= 4 is 22.8 Å². The van der Waals surface area contributed by atoms with E-state index >= 15 is 0 Å². The Morgan fingerprint density at radius 3 is 2.50 bits per heavy atom. The Kier molecular flexibility index (Phi) is 7.00. The van der Waals surface area contributed by atoms with Gasteiger partial charge in [0.2, 0.25) is 0 Å². The minimum Gasteiger partial charge on any atom is -0.477 e. The van der Waals surface area contributed by atoms with Crippen LogP contribution in [0, 0.1) is 17.8 Å². The van der Waals surface area contributed by atoms with Crippen LogP contribution < -0.4 is 5.32 Å². The number of hydrogen-bond donors (Lipinski definition) is 2. The predicted molar refractivity (Wildman–Crippen MR) is 143 cm³/mol. The molecular formula is C29H39N5O2. The normalized spacial score (nSPS) is 21.5. The highest BCUT2D eigenvalue weighted by Gasteiger charge is 2.28. The van der Waals surface area contributed by atoms with Crippen molar-refractivity contribution in [3.63, 3.8) is 0 Å². The first-order valence-electron chi connectivity index (χ1n) is 13.7. The monoisotopic (exact) mass is 489 g/mol. The van der Waals surface area contributed by atoms with Crippen molar-refractivity contribution in [2.75, 3.05) is 5.32 Å². The van der Waals surface area contributed by atoms with Gasteiger partial charge in [-0.1, -0.05) is 40.0 Å². The quantitative estimate of drug-likeness (QED) is 0.364. The number of nitrogens with one attached hydrogen (secondary N) is 1. The van der Waals surface area contributed by atoms with E-state index in [0.29, 0.717) is 29.1 Å². The van der Waals surface area contributed by atoms with E-state index < -0.39 is 5.97 Å². The molecule has 0 unspecified atom stereocenters. The van der Waals surface area contributed by atoms with Gasteiger partial charge in [-0.25, -0.2) is 14.8 Å². The van der Waals surface area contributed by atoms with Crippen LogP contribution in [-0.2, 0) is 6.54 Å². The summed E-state index contributed by atoms with van der Waals surface area (Å²) in [6, 6.07) is 6.02. The molecule has 3 aromatic rings. The second kappa shape index (κ2) is 10.2. The van der Waals surface area contributed by atoms with Crippen molar-refractivity contribution in [2.45, 2.75) is 91.1 Å². The number of aromatic carboxylic acids is 1. The van der Waals surface area contributed by atoms with Crippen LogP contribution in [0.1, 0.15) is 94.6 Å². The third-order valence-electron chi connectivity index (χ3n) is 8.42. The lowest BCUT2D eigenvalue weighted by Crippen LogP contribution is -2.31. The molecule has 5 rings (SSSR count). The molecule has 0 saturated heterocycles. The van der Waals surface area contributed by atoms with Gasteiger partial charge in [0.15, 0.2) is 17.3 Å². The van der Waals surface area contributed by atoms with Crippen molar-refractivity contribution in [1.82, 2.24) is 19.5 Å². The number of aromatic nitrogens is 4. The molecule has 7 nitrogen and oxygen atoms in total. The summed E-state index contributed by atoms with van der Waals surface area (Å²) in [5, 5.41) is 13.4. The van der Waals surface area contributed by atoms with Gasteiger partial charge in [-0.05, 0) is 80.0 Å². The number of imidazole rings is 1. The Balaban J connectivity index is 1.65. The molecule has 0 spiro atoms. The fraction of sp³-hybridized carbons (Fsp3) is 0.586. The van der Waals surface area contributed by atoms with E-state index in [1.54, 1.807) is 6.07 Å². The van der Waals surface area contributed by atoms with Crippen LogP contribution >= 0.6 is 0 Å². The van der Waals surface area contributed by atoms with E-state index in [9.17, 15) is 9.90 Å². The smallest absolute Gasteiger partial charge is 0.354 e. The van der Waals surface area contributed by atoms with Gasteiger partial charge in [-0.2, -0.15) is 0 Å². The van der Waals surface area contributed by atoms with Crippen LogP contribution in [0.15, 0.2) is 24.4 Å². The molecule has 2 aliphatic rings. The molecule has 0 bridgehead atoms. The van der Waals surface area contributed by atoms with Gasteiger partial charge in [0.1, 0.15) is 11.2 Å². The van der Waals surface area contributed by atoms with E-state index in [1.807, 2.05) is 6.20 Å². The second-order valence-corrected chi connectivity index (χ2v) is 11.5. The summed E-state index contributed by atoms with van der Waals surface area (Å²) in [6.45, 7) is 9.72. The summed E-state index contributed by atoms with van der Waals surface area (Å²) in [6.07, 6.45) is 10.4. The minimum atomic E-state index is -1.03. The number of hydrogen-bond acceptors (Lipinski definition) is 5. The minimum absolute atomic E-state index is 0.0254. The molecule has 0 amide bonds. The van der Waals surface area contributed by atoms with Crippen molar-refractivity contribution in [2.24, 2.45) is 17.8 Å². The van der Waals surface area contributed by atoms with Gasteiger partial charge in [-0.15, -0.1) is 0 Å². The van der Waals surface area contributed by atoms with Gasteiger partial charge < -0.3 is 15.0 Å². The Labute approximate surface area is 213 Å². The Morgan fingerprint density at radius 2 is 1.86 bits per heavy atom. The van der Waals surface area contributed by atoms with E-state index in [4.69, 9.17) is 9.97 Å². The summed E-state index contributed by atoms with van der Waals surface area (Å²) in [5.74, 6) is 2.71. The molecule has 192 valence electrons. The Bertz CT molecular complexity index is 1240. The molecule has 2 fully saturated rings. The van der Waals surface area contributed by atoms with Gasteiger partial charge in [0.05, 0.1) is 5.52 Å². The lowest BCUT2D eigenvalue weighted by molar-refractivity contribution is 0.0691. The number of nitrogens with zero attached hydrogens (tertiary/aromatic N) is 4. The summed E-state index contributed by atoms with van der Waals surface area (Å²) in [5.41, 5.74) is 3.64. The van der Waals surface area contributed by atoms with Crippen LogP contribution in [0.25, 0.3) is 22.6 Å². The first kappa shape index (κ1) is 24.7. The number of pyridine rings is 2. The summed E-state index contributed by atoms with van der Waals surface area (Å²) < 4.78 is 2.27. The van der Waals surface area contributed by atoms with E-state index in [1.165, 1.54) is 50.5 Å². The first-order chi connectivity index (χ1) is 17.3. The van der Waals surface area contributed by atoms with Crippen LogP contribution in [0.2, 0.25) is 0 Å². The highest BCUT2D eigenvalue weighted by molar-refractivity contribution is 5.96. The topological polar surface area (TPSA) is 92.9 Å². The van der Waals surface area contributed by atoms with Crippen LogP contribution in [-0.4, -0.2) is 36.6 Å². The molecule has 2 aliphatic carbocycles. The highest BCUT2D eigenvalue weighted by atomic mass is 16.4. The van der Waals surface area contributed by atoms with Gasteiger partial charge >= 0.3 is 5.97 Å². The zero-order valence-corrected chi connectivity index (χ0v) is 22.0. The van der Waals surface area contributed by atoms with Crippen LogP contribution in [0.3, 0.4) is 0 Å². The SMILES string of the molecule is CC1CCC(Cn2c(-c3cc(C(C)C)ccn3)nc3cc(C(=O)O)nc(N[C@H](C)C4CCC4)c32)CC1. The molecule has 3 aromatic heterocycles. The fourth-order valence-corrected chi connectivity index (χ4v) is 5.71. The average Bonchev–Trinajstić information content (AvgIpc) is 3.18. The van der Waals surface area contributed by atoms with Crippen LogP contribution in [0.4, 0.5) is 5.82 Å². The zero-order chi connectivity index (χ0) is 25.4. The van der Waals surface area contributed by atoms with Crippen molar-refractivity contribution in [3.05, 3.63) is 35.7 Å². The highest BCUT2D eigenvalue weighted by Crippen LogP contribution is 2.36. The van der Waals surface area contributed by atoms with E-state index in [-0.39, 0.29) is 11.7 Å². The maximum Gasteiger partial charge on any atom is 0.354 e. The van der Waals surface area contributed by atoms with Crippen LogP contribution in [0.5, 0.6) is 0 Å². The molecule has 7 heteroatoms. The number of carboxylic acid groups (broad SMARTS) is 1. The zero-order valence-electron chi connectivity index (χ0n) is 22.0. The molecule has 0 aromatic carbocycles. The number of fused-ring (bicyclic) bond motifs is 1. The third kappa shape index (κ3) is 4.97. The number of rotatable bonds is 8. The fourth-order valence-electron chi connectivity index (χ4n) is 5.71. The second-order valence-electron chi connectivity index (χ2n) is 11.5. The largest absolute Gasteiger partial charge is 0.477 e. The molecule has 3 heterocycles. The molecule has 1 atom stereocenters. The summed E-state index contributed by atoms with van der Waals surface area (Å²) in [4.78, 5) is 26.3. The molecule has 2 saturated carbocycles. The van der Waals surface area contributed by atoms with E-state index in [2.05, 4.69) is 54.7 Å².